The Morgan fingerprint density at radius 3 is 3.14 bits per heavy atom. The topological polar surface area (TPSA) is 71.5 Å². The number of sulfonamides is 1. The minimum atomic E-state index is -3.14. The van der Waals surface area contributed by atoms with Crippen LogP contribution in [-0.2, 0) is 21.3 Å². The highest BCUT2D eigenvalue weighted by Crippen LogP contribution is 2.34. The zero-order chi connectivity index (χ0) is 14.9. The highest BCUT2D eigenvalue weighted by molar-refractivity contribution is 7.88. The summed E-state index contributed by atoms with van der Waals surface area (Å²) in [5.41, 5.74) is 0. The highest BCUT2D eigenvalue weighted by atomic mass is 32.2. The van der Waals surface area contributed by atoms with Crippen molar-refractivity contribution in [2.45, 2.75) is 19.1 Å². The molecule has 0 aromatic carbocycles. The summed E-state index contributed by atoms with van der Waals surface area (Å²) in [5.74, 6) is 0.969. The van der Waals surface area contributed by atoms with Crippen LogP contribution in [0.2, 0.25) is 0 Å². The van der Waals surface area contributed by atoms with E-state index in [1.54, 1.807) is 11.3 Å². The van der Waals surface area contributed by atoms with Gasteiger partial charge in [-0.3, -0.25) is 4.90 Å². The van der Waals surface area contributed by atoms with Crippen LogP contribution in [-0.4, -0.2) is 56.9 Å². The molecule has 3 heterocycles. The van der Waals surface area contributed by atoms with E-state index in [2.05, 4.69) is 14.6 Å². The van der Waals surface area contributed by atoms with Gasteiger partial charge in [-0.05, 0) is 18.9 Å². The maximum Gasteiger partial charge on any atom is 0.208 e. The van der Waals surface area contributed by atoms with Crippen molar-refractivity contribution < 1.29 is 13.2 Å². The molecule has 21 heavy (non-hydrogen) atoms. The molecule has 1 N–H and O–H groups in total. The molecule has 0 bridgehead atoms. The second-order valence-electron chi connectivity index (χ2n) is 5.87. The summed E-state index contributed by atoms with van der Waals surface area (Å²) in [6.45, 7) is 4.08. The van der Waals surface area contributed by atoms with Crippen molar-refractivity contribution in [1.29, 1.82) is 0 Å². The Morgan fingerprint density at radius 2 is 2.43 bits per heavy atom. The molecule has 2 fully saturated rings. The molecule has 118 valence electrons. The van der Waals surface area contributed by atoms with Gasteiger partial charge in [-0.25, -0.2) is 18.1 Å². The van der Waals surface area contributed by atoms with Crippen LogP contribution in [0.15, 0.2) is 11.6 Å². The van der Waals surface area contributed by atoms with Crippen molar-refractivity contribution >= 4 is 21.4 Å². The fourth-order valence-corrected chi connectivity index (χ4v) is 4.40. The van der Waals surface area contributed by atoms with E-state index < -0.39 is 10.0 Å². The molecule has 3 rings (SSSR count). The number of ether oxygens (including phenoxy) is 1. The molecular weight excluding hydrogens is 310 g/mol. The fraction of sp³-hybridized carbons (Fsp3) is 0.769. The van der Waals surface area contributed by atoms with Gasteiger partial charge in [0.05, 0.1) is 25.5 Å². The normalized spacial score (nSPS) is 30.4. The largest absolute Gasteiger partial charge is 0.376 e. The number of aromatic nitrogens is 1. The first-order valence-corrected chi connectivity index (χ1v) is 9.95. The monoisotopic (exact) mass is 331 g/mol. The highest BCUT2D eigenvalue weighted by Gasteiger charge is 2.40. The quantitative estimate of drug-likeness (QED) is 0.852. The summed E-state index contributed by atoms with van der Waals surface area (Å²) in [7, 11) is -3.14. The average molecular weight is 331 g/mol. The van der Waals surface area contributed by atoms with E-state index in [4.69, 9.17) is 4.74 Å². The summed E-state index contributed by atoms with van der Waals surface area (Å²) in [5, 5.41) is 3.16. The van der Waals surface area contributed by atoms with Crippen LogP contribution in [0.25, 0.3) is 0 Å². The van der Waals surface area contributed by atoms with Crippen molar-refractivity contribution in [3.8, 4) is 0 Å². The van der Waals surface area contributed by atoms with E-state index in [1.165, 1.54) is 6.26 Å². The second-order valence-corrected chi connectivity index (χ2v) is 8.68. The van der Waals surface area contributed by atoms with E-state index in [9.17, 15) is 8.42 Å². The van der Waals surface area contributed by atoms with Crippen molar-refractivity contribution in [2.75, 3.05) is 32.5 Å². The van der Waals surface area contributed by atoms with Crippen LogP contribution >= 0.6 is 11.3 Å². The maximum absolute atomic E-state index is 11.2. The van der Waals surface area contributed by atoms with Gasteiger partial charge in [0.2, 0.25) is 10.0 Å². The summed E-state index contributed by atoms with van der Waals surface area (Å²) >= 11 is 1.69. The lowest BCUT2D eigenvalue weighted by atomic mass is 9.84. The number of piperidine rings is 1. The molecule has 0 radical (unpaired) electrons. The summed E-state index contributed by atoms with van der Waals surface area (Å²) in [6.07, 6.45) is 4.12. The standard InChI is InChI=1S/C13H21N3O3S2/c1-21(17,18)15-6-12-11-2-4-16(7-10(11)9-19-12)8-13-14-3-5-20-13/h3,5,10-12,15H,2,4,6-9H2,1H3/t10-,11-,12-/m1/s1. The minimum Gasteiger partial charge on any atom is -0.376 e. The van der Waals surface area contributed by atoms with Crippen molar-refractivity contribution in [1.82, 2.24) is 14.6 Å². The van der Waals surface area contributed by atoms with Gasteiger partial charge in [0, 0.05) is 30.6 Å². The third-order valence-corrected chi connectivity index (χ3v) is 5.72. The predicted octanol–water partition coefficient (Wildman–Crippen LogP) is 0.529. The Morgan fingerprint density at radius 1 is 1.57 bits per heavy atom. The number of nitrogens with one attached hydrogen (secondary N) is 1. The van der Waals surface area contributed by atoms with Crippen LogP contribution < -0.4 is 4.72 Å². The van der Waals surface area contributed by atoms with Gasteiger partial charge in [0.1, 0.15) is 5.01 Å². The Bertz CT molecular complexity index is 561. The lowest BCUT2D eigenvalue weighted by Crippen LogP contribution is -2.43. The zero-order valence-corrected chi connectivity index (χ0v) is 13.7. The first kappa shape index (κ1) is 15.4. The van der Waals surface area contributed by atoms with Gasteiger partial charge >= 0.3 is 0 Å². The van der Waals surface area contributed by atoms with Crippen molar-refractivity contribution in [3.05, 3.63) is 16.6 Å². The van der Waals surface area contributed by atoms with Crippen LogP contribution in [0.1, 0.15) is 11.4 Å². The van der Waals surface area contributed by atoms with Crippen molar-refractivity contribution in [2.24, 2.45) is 11.8 Å². The summed E-state index contributed by atoms with van der Waals surface area (Å²) in [4.78, 5) is 6.76. The number of fused-ring (bicyclic) bond motifs is 1. The van der Waals surface area contributed by atoms with Crippen molar-refractivity contribution in [3.63, 3.8) is 0 Å². The minimum absolute atomic E-state index is 0.0201. The molecule has 2 saturated heterocycles. The van der Waals surface area contributed by atoms with Gasteiger partial charge in [0.25, 0.3) is 0 Å². The Labute approximate surface area is 129 Å². The van der Waals surface area contributed by atoms with Crippen LogP contribution in [0.4, 0.5) is 0 Å². The smallest absolute Gasteiger partial charge is 0.208 e. The third kappa shape index (κ3) is 4.01. The molecule has 0 aliphatic carbocycles. The lowest BCUT2D eigenvalue weighted by molar-refractivity contribution is 0.0885. The molecule has 3 atom stereocenters. The molecule has 8 heteroatoms. The summed E-state index contributed by atoms with van der Waals surface area (Å²) < 4.78 is 30.8. The Hall–Kier alpha value is -0.540. The molecule has 2 aliphatic heterocycles. The van der Waals surface area contributed by atoms with Crippen LogP contribution in [0.5, 0.6) is 0 Å². The first-order valence-electron chi connectivity index (χ1n) is 7.18. The summed E-state index contributed by atoms with van der Waals surface area (Å²) in [6, 6.07) is 0. The fourth-order valence-electron chi connectivity index (χ4n) is 3.27. The molecule has 0 unspecified atom stereocenters. The molecule has 0 spiro atoms. The average Bonchev–Trinajstić information content (AvgIpc) is 3.04. The van der Waals surface area contributed by atoms with E-state index in [-0.39, 0.29) is 6.10 Å². The number of thiazole rings is 1. The molecule has 0 saturated carbocycles. The lowest BCUT2D eigenvalue weighted by Gasteiger charge is -2.35. The predicted molar refractivity (Wildman–Crippen MR) is 81.6 cm³/mol. The zero-order valence-electron chi connectivity index (χ0n) is 12.1. The van der Waals surface area contributed by atoms with E-state index in [0.29, 0.717) is 18.4 Å². The van der Waals surface area contributed by atoms with Crippen LogP contribution in [0.3, 0.4) is 0 Å². The van der Waals surface area contributed by atoms with Gasteiger partial charge in [-0.15, -0.1) is 11.3 Å². The maximum atomic E-state index is 11.2. The Kier molecular flexibility index (Phi) is 4.60. The second kappa shape index (κ2) is 6.29. The van der Waals surface area contributed by atoms with E-state index in [1.807, 2.05) is 11.6 Å². The molecule has 6 nitrogen and oxygen atoms in total. The molecule has 0 amide bonds. The molecule has 1 aromatic heterocycles. The van der Waals surface area contributed by atoms with Gasteiger partial charge in [-0.2, -0.15) is 0 Å². The number of hydrogen-bond donors (Lipinski definition) is 1. The SMILES string of the molecule is CS(=O)(=O)NC[C@H]1OC[C@H]2CN(Cc3nccs3)CC[C@H]21. The molecular formula is C13H21N3O3S2. The molecule has 1 aromatic rings. The van der Waals surface area contributed by atoms with Gasteiger partial charge in [0.15, 0.2) is 0 Å². The van der Waals surface area contributed by atoms with Crippen LogP contribution in [0, 0.1) is 11.8 Å². The van der Waals surface area contributed by atoms with E-state index in [0.717, 1.165) is 37.7 Å². The first-order chi connectivity index (χ1) is 10.0. The Balaban J connectivity index is 1.52. The number of nitrogens with zero attached hydrogens (tertiary/aromatic N) is 2. The van der Waals surface area contributed by atoms with Gasteiger partial charge < -0.3 is 4.74 Å². The van der Waals surface area contributed by atoms with Gasteiger partial charge in [-0.1, -0.05) is 0 Å². The third-order valence-electron chi connectivity index (χ3n) is 4.27. The number of hydrogen-bond acceptors (Lipinski definition) is 6. The number of likely N-dealkylation sites (tertiary alicyclic amines) is 1. The molecule has 2 aliphatic rings. The number of rotatable bonds is 5. The van der Waals surface area contributed by atoms with E-state index >= 15 is 0 Å².